The first-order valence-electron chi connectivity index (χ1n) is 9.11. The van der Waals surface area contributed by atoms with Gasteiger partial charge >= 0.3 is 0 Å². The Bertz CT molecular complexity index is 895. The van der Waals surface area contributed by atoms with Gasteiger partial charge in [0.25, 0.3) is 5.91 Å². The number of amides is 1. The van der Waals surface area contributed by atoms with Crippen LogP contribution in [0.4, 0.5) is 0 Å². The van der Waals surface area contributed by atoms with E-state index in [0.717, 1.165) is 23.0 Å². The number of quaternary nitrogens is 1. The van der Waals surface area contributed by atoms with Gasteiger partial charge in [-0.3, -0.25) is 14.6 Å². The number of likely N-dealkylation sites (tertiary alicyclic amines) is 1. The van der Waals surface area contributed by atoms with E-state index in [0.29, 0.717) is 12.1 Å². The lowest BCUT2D eigenvalue weighted by Gasteiger charge is -2.27. The Morgan fingerprint density at radius 1 is 1.14 bits per heavy atom. The molecule has 1 unspecified atom stereocenters. The Morgan fingerprint density at radius 3 is 2.39 bits per heavy atom. The number of nitrogens with zero attached hydrogens (tertiary/aromatic N) is 2. The number of rotatable bonds is 6. The van der Waals surface area contributed by atoms with Crippen LogP contribution in [0.2, 0.25) is 0 Å². The number of nitrogens with one attached hydrogen (secondary N) is 1. The molecule has 1 saturated heterocycles. The second-order valence-corrected chi connectivity index (χ2v) is 7.99. The molecule has 0 saturated carbocycles. The number of ketones is 1. The van der Waals surface area contributed by atoms with Crippen LogP contribution in [-0.4, -0.2) is 48.8 Å². The zero-order valence-corrected chi connectivity index (χ0v) is 17.4. The van der Waals surface area contributed by atoms with Crippen LogP contribution < -0.4 is 10.0 Å². The normalized spacial score (nSPS) is 18.9. The van der Waals surface area contributed by atoms with E-state index >= 15 is 0 Å². The molecule has 1 N–H and O–H groups in total. The lowest BCUT2D eigenvalue weighted by Crippen LogP contribution is -3.05. The number of carbonyl (C=O) groups is 2. The number of carbonyl (C=O) groups excluding carboxylic acids is 2. The van der Waals surface area contributed by atoms with E-state index in [2.05, 4.69) is 20.9 Å². The molecule has 1 atom stereocenters. The Hall–Kier alpha value is -2.51. The summed E-state index contributed by atoms with van der Waals surface area (Å²) < 4.78 is 0.886. The third-order valence-corrected chi connectivity index (χ3v) is 5.26. The fourth-order valence-electron chi connectivity index (χ4n) is 3.35. The first-order valence-corrected chi connectivity index (χ1v) is 9.91. The van der Waals surface area contributed by atoms with Crippen molar-refractivity contribution in [2.24, 2.45) is 0 Å². The van der Waals surface area contributed by atoms with Gasteiger partial charge in [0.05, 0.1) is 26.7 Å². The van der Waals surface area contributed by atoms with Crippen molar-refractivity contribution in [3.63, 3.8) is 0 Å². The van der Waals surface area contributed by atoms with Crippen LogP contribution >= 0.6 is 15.9 Å². The topological polar surface area (TPSA) is 77.8 Å². The summed E-state index contributed by atoms with van der Waals surface area (Å²) in [7, 11) is 4.07. The Balaban J connectivity index is 2.07. The lowest BCUT2D eigenvalue weighted by atomic mass is 9.95. The Labute approximate surface area is 172 Å². The van der Waals surface area contributed by atoms with Crippen LogP contribution in [0.5, 0.6) is 0 Å². The summed E-state index contributed by atoms with van der Waals surface area (Å²) in [5, 5.41) is 13.1. The van der Waals surface area contributed by atoms with Gasteiger partial charge in [-0.2, -0.15) is 0 Å². The largest absolute Gasteiger partial charge is 0.872 e. The molecule has 2 heterocycles. The number of halogens is 1. The van der Waals surface area contributed by atoms with Crippen LogP contribution in [0.25, 0.3) is 5.76 Å². The third kappa shape index (κ3) is 4.15. The summed E-state index contributed by atoms with van der Waals surface area (Å²) in [6.07, 6.45) is 3.74. The molecule has 1 aromatic carbocycles. The molecule has 1 fully saturated rings. The molecule has 1 aromatic heterocycles. The maximum Gasteiger partial charge on any atom is 0.295 e. The van der Waals surface area contributed by atoms with Gasteiger partial charge in [0.15, 0.2) is 0 Å². The monoisotopic (exact) mass is 443 g/mol. The Kier molecular flexibility index (Phi) is 6.26. The highest BCUT2D eigenvalue weighted by atomic mass is 79.9. The molecule has 2 aromatic rings. The van der Waals surface area contributed by atoms with Gasteiger partial charge in [0.1, 0.15) is 0 Å². The molecule has 1 aliphatic heterocycles. The van der Waals surface area contributed by atoms with Gasteiger partial charge in [0.2, 0.25) is 5.78 Å². The van der Waals surface area contributed by atoms with Crippen LogP contribution in [-0.2, 0) is 9.59 Å². The summed E-state index contributed by atoms with van der Waals surface area (Å²) in [5.41, 5.74) is 1.11. The molecular formula is C21H22BrN3O3. The second kappa shape index (κ2) is 8.67. The molecule has 28 heavy (non-hydrogen) atoms. The summed E-state index contributed by atoms with van der Waals surface area (Å²) >= 11 is 3.40. The summed E-state index contributed by atoms with van der Waals surface area (Å²) in [6.45, 7) is 1.28. The minimum Gasteiger partial charge on any atom is -0.872 e. The van der Waals surface area contributed by atoms with Crippen molar-refractivity contribution in [3.8, 4) is 0 Å². The number of aromatic nitrogens is 1. The maximum absolute atomic E-state index is 13.1. The van der Waals surface area contributed by atoms with E-state index in [-0.39, 0.29) is 5.57 Å². The molecule has 0 radical (unpaired) electrons. The zero-order valence-electron chi connectivity index (χ0n) is 15.8. The highest BCUT2D eigenvalue weighted by Gasteiger charge is 2.43. The molecule has 3 rings (SSSR count). The molecule has 7 heteroatoms. The first-order chi connectivity index (χ1) is 13.4. The molecule has 0 spiro atoms. The molecule has 6 nitrogen and oxygen atoms in total. The number of hydrogen-bond donors (Lipinski definition) is 1. The van der Waals surface area contributed by atoms with E-state index in [1.807, 2.05) is 38.4 Å². The predicted octanol–water partition coefficient (Wildman–Crippen LogP) is 0.603. The smallest absolute Gasteiger partial charge is 0.295 e. The van der Waals surface area contributed by atoms with Gasteiger partial charge in [-0.05, 0) is 35.4 Å². The van der Waals surface area contributed by atoms with Crippen LogP contribution in [0, 0.1) is 0 Å². The molecule has 1 aliphatic rings. The average Bonchev–Trinajstić information content (AvgIpc) is 2.93. The highest BCUT2D eigenvalue weighted by molar-refractivity contribution is 9.10. The molecular weight excluding hydrogens is 422 g/mol. The van der Waals surface area contributed by atoms with Crippen molar-refractivity contribution in [3.05, 3.63) is 70.0 Å². The van der Waals surface area contributed by atoms with E-state index < -0.39 is 23.5 Å². The minimum atomic E-state index is -0.716. The van der Waals surface area contributed by atoms with Crippen molar-refractivity contribution >= 4 is 33.4 Å². The predicted molar refractivity (Wildman–Crippen MR) is 107 cm³/mol. The summed E-state index contributed by atoms with van der Waals surface area (Å²) in [5.74, 6) is -1.75. The van der Waals surface area contributed by atoms with E-state index in [1.54, 1.807) is 12.1 Å². The van der Waals surface area contributed by atoms with E-state index in [4.69, 9.17) is 0 Å². The average molecular weight is 444 g/mol. The SMILES string of the molecule is C[NH+](C)CCCN1C(=O)C(=O)/C(=C(/[O-])c2ccncc2)C1c1ccc(Br)cc1. The van der Waals surface area contributed by atoms with Crippen LogP contribution in [0.1, 0.15) is 23.6 Å². The van der Waals surface area contributed by atoms with Crippen LogP contribution in [0.15, 0.2) is 58.8 Å². The lowest BCUT2D eigenvalue weighted by molar-refractivity contribution is -0.858. The van der Waals surface area contributed by atoms with Crippen molar-refractivity contribution in [2.45, 2.75) is 12.5 Å². The number of hydrogen-bond acceptors (Lipinski definition) is 4. The molecule has 0 aliphatic carbocycles. The first kappa shape index (κ1) is 20.2. The zero-order chi connectivity index (χ0) is 20.3. The van der Waals surface area contributed by atoms with Gasteiger partial charge < -0.3 is 14.9 Å². The van der Waals surface area contributed by atoms with Crippen molar-refractivity contribution < 1.29 is 19.6 Å². The maximum atomic E-state index is 13.1. The fourth-order valence-corrected chi connectivity index (χ4v) is 3.62. The van der Waals surface area contributed by atoms with E-state index in [1.165, 1.54) is 22.2 Å². The van der Waals surface area contributed by atoms with Crippen LogP contribution in [0.3, 0.4) is 0 Å². The fraction of sp³-hybridized carbons (Fsp3) is 0.286. The standard InChI is InChI=1S/C21H22BrN3O3/c1-24(2)12-3-13-25-18(14-4-6-16(22)7-5-14)17(20(27)21(25)28)19(26)15-8-10-23-11-9-15/h4-11,18,26H,3,12-13H2,1-2H3/b19-17+. The van der Waals surface area contributed by atoms with Crippen molar-refractivity contribution in [1.82, 2.24) is 9.88 Å². The molecule has 1 amide bonds. The minimum absolute atomic E-state index is 0.00993. The Morgan fingerprint density at radius 2 is 1.79 bits per heavy atom. The number of Topliss-reactive ketones (excluding diaryl/α,β-unsaturated/α-hetero) is 1. The number of pyridine rings is 1. The highest BCUT2D eigenvalue weighted by Crippen LogP contribution is 2.38. The quantitative estimate of drug-likeness (QED) is 0.402. The van der Waals surface area contributed by atoms with Gasteiger partial charge in [-0.15, -0.1) is 0 Å². The summed E-state index contributed by atoms with van der Waals surface area (Å²) in [6, 6.07) is 9.81. The number of benzene rings is 1. The van der Waals surface area contributed by atoms with Gasteiger partial charge in [0, 0.05) is 35.4 Å². The van der Waals surface area contributed by atoms with Gasteiger partial charge in [-0.25, -0.2) is 0 Å². The van der Waals surface area contributed by atoms with Crippen molar-refractivity contribution in [2.75, 3.05) is 27.2 Å². The second-order valence-electron chi connectivity index (χ2n) is 7.07. The van der Waals surface area contributed by atoms with E-state index in [9.17, 15) is 14.7 Å². The third-order valence-electron chi connectivity index (χ3n) is 4.73. The van der Waals surface area contributed by atoms with Gasteiger partial charge in [-0.1, -0.05) is 33.8 Å². The molecule has 146 valence electrons. The summed E-state index contributed by atoms with van der Waals surface area (Å²) in [4.78, 5) is 32.3. The molecule has 0 bridgehead atoms. The van der Waals surface area contributed by atoms with Crippen molar-refractivity contribution in [1.29, 1.82) is 0 Å².